The number of ether oxygens (including phenoxy) is 1. The zero-order chi connectivity index (χ0) is 16.3. The number of ketones is 1. The number of carbonyl (C=O) groups is 1. The highest BCUT2D eigenvalue weighted by Gasteiger charge is 2.72. The van der Waals surface area contributed by atoms with E-state index in [4.69, 9.17) is 4.74 Å². The topological polar surface area (TPSA) is 70.1 Å². The van der Waals surface area contributed by atoms with E-state index in [-0.39, 0.29) is 46.8 Å². The summed E-state index contributed by atoms with van der Waals surface area (Å²) >= 11 is 0. The van der Waals surface area contributed by atoms with Crippen LogP contribution in [0.15, 0.2) is 12.2 Å². The van der Waals surface area contributed by atoms with Crippen molar-refractivity contribution in [1.29, 1.82) is 0 Å². The molecule has 1 saturated heterocycles. The van der Waals surface area contributed by atoms with Crippen molar-refractivity contribution >= 4 is 5.78 Å². The molecule has 0 aromatic heterocycles. The largest absolute Gasteiger partial charge is 0.396 e. The number of hydrogen-bond acceptors (Lipinski definition) is 4. The molecule has 0 spiro atoms. The van der Waals surface area contributed by atoms with E-state index < -0.39 is 6.10 Å². The first kappa shape index (κ1) is 16.2. The number of allylic oxidation sites excluding steroid dienone is 1. The van der Waals surface area contributed by atoms with E-state index in [2.05, 4.69) is 20.8 Å². The van der Waals surface area contributed by atoms with E-state index in [9.17, 15) is 15.0 Å². The van der Waals surface area contributed by atoms with Gasteiger partial charge in [-0.05, 0) is 55.9 Å². The summed E-state index contributed by atoms with van der Waals surface area (Å²) in [6, 6.07) is 0. The first-order valence-electron chi connectivity index (χ1n) is 8.32. The quantitative estimate of drug-likeness (QED) is 0.619. The minimum Gasteiger partial charge on any atom is -0.396 e. The molecule has 3 rings (SSSR count). The van der Waals surface area contributed by atoms with Crippen molar-refractivity contribution in [3.05, 3.63) is 12.2 Å². The van der Waals surface area contributed by atoms with Gasteiger partial charge in [0, 0.05) is 12.5 Å². The Morgan fingerprint density at radius 3 is 2.59 bits per heavy atom. The normalized spacial score (nSPS) is 53.9. The van der Waals surface area contributed by atoms with Crippen LogP contribution in [-0.2, 0) is 9.53 Å². The van der Waals surface area contributed by atoms with Crippen molar-refractivity contribution in [2.24, 2.45) is 22.7 Å². The van der Waals surface area contributed by atoms with E-state index in [0.29, 0.717) is 0 Å². The van der Waals surface area contributed by atoms with Gasteiger partial charge in [-0.3, -0.25) is 4.79 Å². The molecule has 1 heterocycles. The third kappa shape index (κ3) is 2.19. The van der Waals surface area contributed by atoms with Gasteiger partial charge in [0.2, 0.25) is 0 Å². The molecular weight excluding hydrogens is 280 g/mol. The molecule has 2 saturated carbocycles. The van der Waals surface area contributed by atoms with E-state index in [0.717, 1.165) is 19.3 Å². The molecule has 0 bridgehead atoms. The number of aliphatic hydroxyl groups excluding tert-OH is 2. The number of rotatable bonds is 3. The van der Waals surface area contributed by atoms with Gasteiger partial charge in [-0.1, -0.05) is 19.9 Å². The van der Waals surface area contributed by atoms with Crippen LogP contribution < -0.4 is 0 Å². The van der Waals surface area contributed by atoms with E-state index in [1.165, 1.54) is 0 Å². The van der Waals surface area contributed by atoms with Crippen LogP contribution in [0.25, 0.3) is 0 Å². The van der Waals surface area contributed by atoms with E-state index >= 15 is 0 Å². The monoisotopic (exact) mass is 308 g/mol. The molecule has 0 aromatic rings. The number of aliphatic hydroxyl groups is 2. The summed E-state index contributed by atoms with van der Waals surface area (Å²) in [5, 5.41) is 20.5. The Kier molecular flexibility index (Phi) is 3.59. The van der Waals surface area contributed by atoms with Gasteiger partial charge in [-0.2, -0.15) is 0 Å². The average Bonchev–Trinajstić information content (AvgIpc) is 3.13. The van der Waals surface area contributed by atoms with Gasteiger partial charge >= 0.3 is 0 Å². The lowest BCUT2D eigenvalue weighted by Gasteiger charge is -2.56. The van der Waals surface area contributed by atoms with Gasteiger partial charge in [0.15, 0.2) is 5.78 Å². The number of hydrogen-bond donors (Lipinski definition) is 2. The zero-order valence-corrected chi connectivity index (χ0v) is 14.0. The molecule has 4 heteroatoms. The molecule has 1 aliphatic heterocycles. The summed E-state index contributed by atoms with van der Waals surface area (Å²) in [6.07, 6.45) is 5.70. The van der Waals surface area contributed by atoms with Crippen molar-refractivity contribution in [2.75, 3.05) is 6.61 Å². The predicted octanol–water partition coefficient (Wildman–Crippen LogP) is 2.08. The highest BCUT2D eigenvalue weighted by Crippen LogP contribution is 2.66. The van der Waals surface area contributed by atoms with Gasteiger partial charge in [0.25, 0.3) is 0 Å². The highest BCUT2D eigenvalue weighted by atomic mass is 16.6. The Morgan fingerprint density at radius 1 is 1.32 bits per heavy atom. The smallest absolute Gasteiger partial charge is 0.152 e. The lowest BCUT2D eigenvalue weighted by Crippen LogP contribution is -2.57. The molecule has 7 unspecified atom stereocenters. The molecule has 22 heavy (non-hydrogen) atoms. The first-order valence-corrected chi connectivity index (χ1v) is 8.32. The third-order valence-corrected chi connectivity index (χ3v) is 6.67. The number of epoxide rings is 1. The first-order chi connectivity index (χ1) is 10.2. The molecule has 3 fully saturated rings. The van der Waals surface area contributed by atoms with Crippen LogP contribution in [0.1, 0.15) is 47.0 Å². The second kappa shape index (κ2) is 4.89. The zero-order valence-electron chi connectivity index (χ0n) is 14.0. The summed E-state index contributed by atoms with van der Waals surface area (Å²) in [6.45, 7) is 8.09. The Labute approximate surface area is 132 Å². The maximum atomic E-state index is 11.4. The molecule has 2 N–H and O–H groups in total. The van der Waals surface area contributed by atoms with Crippen LogP contribution in [0, 0.1) is 22.7 Å². The van der Waals surface area contributed by atoms with Gasteiger partial charge in [-0.25, -0.2) is 0 Å². The SMILES string of the molecule is CC(=O)/C=C/C1C2(C)CCC(C)(CO)CC2C(O)C2OC21C. The third-order valence-electron chi connectivity index (χ3n) is 6.67. The maximum Gasteiger partial charge on any atom is 0.152 e. The van der Waals surface area contributed by atoms with Crippen molar-refractivity contribution in [2.45, 2.75) is 64.8 Å². The van der Waals surface area contributed by atoms with Crippen LogP contribution in [-0.4, -0.2) is 40.4 Å². The van der Waals surface area contributed by atoms with Gasteiger partial charge in [-0.15, -0.1) is 0 Å². The molecular formula is C18H28O4. The van der Waals surface area contributed by atoms with Crippen molar-refractivity contribution < 1.29 is 19.7 Å². The Morgan fingerprint density at radius 2 is 2.00 bits per heavy atom. The summed E-state index contributed by atoms with van der Waals surface area (Å²) in [7, 11) is 0. The Bertz CT molecular complexity index is 515. The number of carbonyl (C=O) groups excluding carboxylic acids is 1. The maximum absolute atomic E-state index is 11.4. The molecule has 0 aromatic carbocycles. The predicted molar refractivity (Wildman–Crippen MR) is 83.2 cm³/mol. The highest BCUT2D eigenvalue weighted by molar-refractivity contribution is 5.87. The fraction of sp³-hybridized carbons (Fsp3) is 0.833. The Balaban J connectivity index is 1.96. The fourth-order valence-corrected chi connectivity index (χ4v) is 5.07. The lowest BCUT2D eigenvalue weighted by molar-refractivity contribution is -0.113. The van der Waals surface area contributed by atoms with E-state index in [1.807, 2.05) is 6.08 Å². The molecule has 7 atom stereocenters. The second-order valence-electron chi connectivity index (χ2n) is 8.45. The van der Waals surface area contributed by atoms with Crippen LogP contribution in [0.2, 0.25) is 0 Å². The van der Waals surface area contributed by atoms with Gasteiger partial charge in [0.1, 0.15) is 11.7 Å². The Hall–Kier alpha value is -0.710. The summed E-state index contributed by atoms with van der Waals surface area (Å²) in [5.74, 6) is 0.272. The van der Waals surface area contributed by atoms with Crippen LogP contribution in [0.3, 0.4) is 0 Å². The summed E-state index contributed by atoms with van der Waals surface area (Å²) in [4.78, 5) is 11.4. The van der Waals surface area contributed by atoms with Crippen molar-refractivity contribution in [3.63, 3.8) is 0 Å². The van der Waals surface area contributed by atoms with E-state index in [1.54, 1.807) is 13.0 Å². The average molecular weight is 308 g/mol. The summed E-state index contributed by atoms with van der Waals surface area (Å²) < 4.78 is 5.91. The summed E-state index contributed by atoms with van der Waals surface area (Å²) in [5.41, 5.74) is -0.575. The lowest BCUT2D eigenvalue weighted by atomic mass is 9.48. The van der Waals surface area contributed by atoms with Crippen LogP contribution in [0.4, 0.5) is 0 Å². The standard InChI is InChI=1S/C18H28O4/c1-11(20)5-6-13-17(3)8-7-16(2,10-19)9-12(17)14(21)15-18(13,4)22-15/h5-6,12-15,19,21H,7-10H2,1-4H3/b6-5+. The molecule has 2 aliphatic carbocycles. The van der Waals surface area contributed by atoms with Crippen molar-refractivity contribution in [3.8, 4) is 0 Å². The van der Waals surface area contributed by atoms with Crippen LogP contribution >= 0.6 is 0 Å². The van der Waals surface area contributed by atoms with Gasteiger partial charge < -0.3 is 14.9 Å². The molecule has 3 aliphatic rings. The van der Waals surface area contributed by atoms with Crippen molar-refractivity contribution in [1.82, 2.24) is 0 Å². The molecule has 0 radical (unpaired) electrons. The molecule has 124 valence electrons. The number of fused-ring (bicyclic) bond motifs is 2. The minimum absolute atomic E-state index is 0.0445. The fourth-order valence-electron chi connectivity index (χ4n) is 5.07. The van der Waals surface area contributed by atoms with Crippen LogP contribution in [0.5, 0.6) is 0 Å². The minimum atomic E-state index is -0.483. The molecule has 0 amide bonds. The van der Waals surface area contributed by atoms with Gasteiger partial charge in [0.05, 0.1) is 6.10 Å². The molecule has 4 nitrogen and oxygen atoms in total. The second-order valence-corrected chi connectivity index (χ2v) is 8.45.